The SMILES string of the molecule is CC1(OC2CC2)CNC1. The van der Waals surface area contributed by atoms with Crippen LogP contribution >= 0.6 is 0 Å². The summed E-state index contributed by atoms with van der Waals surface area (Å²) in [7, 11) is 0. The number of rotatable bonds is 2. The van der Waals surface area contributed by atoms with E-state index in [2.05, 4.69) is 12.2 Å². The van der Waals surface area contributed by atoms with Gasteiger partial charge in [0, 0.05) is 13.1 Å². The molecule has 0 aromatic heterocycles. The fourth-order valence-electron chi connectivity index (χ4n) is 1.15. The van der Waals surface area contributed by atoms with Crippen LogP contribution < -0.4 is 5.32 Å². The monoisotopic (exact) mass is 127 g/mol. The summed E-state index contributed by atoms with van der Waals surface area (Å²) in [5.74, 6) is 0. The van der Waals surface area contributed by atoms with Crippen LogP contribution in [-0.4, -0.2) is 24.8 Å². The van der Waals surface area contributed by atoms with E-state index in [4.69, 9.17) is 4.74 Å². The molecule has 2 fully saturated rings. The van der Waals surface area contributed by atoms with Crippen molar-refractivity contribution in [3.05, 3.63) is 0 Å². The van der Waals surface area contributed by atoms with E-state index in [9.17, 15) is 0 Å². The summed E-state index contributed by atoms with van der Waals surface area (Å²) >= 11 is 0. The Hall–Kier alpha value is -0.0800. The van der Waals surface area contributed by atoms with Crippen LogP contribution in [-0.2, 0) is 4.74 Å². The number of nitrogens with one attached hydrogen (secondary N) is 1. The summed E-state index contributed by atoms with van der Waals surface area (Å²) in [6.07, 6.45) is 3.18. The first kappa shape index (κ1) is 5.69. The van der Waals surface area contributed by atoms with Crippen molar-refractivity contribution in [2.45, 2.75) is 31.5 Å². The van der Waals surface area contributed by atoms with Crippen LogP contribution in [0.4, 0.5) is 0 Å². The third-order valence-electron chi connectivity index (χ3n) is 1.97. The normalized spacial score (nSPS) is 31.7. The van der Waals surface area contributed by atoms with Gasteiger partial charge in [0.15, 0.2) is 0 Å². The topological polar surface area (TPSA) is 21.3 Å². The van der Waals surface area contributed by atoms with E-state index in [1.54, 1.807) is 0 Å². The molecule has 0 amide bonds. The molecule has 0 spiro atoms. The van der Waals surface area contributed by atoms with Crippen molar-refractivity contribution in [3.63, 3.8) is 0 Å². The van der Waals surface area contributed by atoms with Crippen LogP contribution in [0.15, 0.2) is 0 Å². The molecule has 1 aliphatic heterocycles. The van der Waals surface area contributed by atoms with Crippen molar-refractivity contribution in [2.75, 3.05) is 13.1 Å². The van der Waals surface area contributed by atoms with E-state index in [1.165, 1.54) is 12.8 Å². The van der Waals surface area contributed by atoms with E-state index in [-0.39, 0.29) is 5.60 Å². The van der Waals surface area contributed by atoms with Crippen LogP contribution in [0.25, 0.3) is 0 Å². The first-order chi connectivity index (χ1) is 4.29. The predicted octanol–water partition coefficient (Wildman–Crippen LogP) is 0.527. The molecule has 9 heavy (non-hydrogen) atoms. The molecule has 2 nitrogen and oxygen atoms in total. The molecule has 0 aromatic rings. The second-order valence-corrected chi connectivity index (χ2v) is 3.37. The van der Waals surface area contributed by atoms with Crippen molar-refractivity contribution in [1.29, 1.82) is 0 Å². The minimum Gasteiger partial charge on any atom is -0.369 e. The molecule has 0 aromatic carbocycles. The molecule has 2 heteroatoms. The van der Waals surface area contributed by atoms with Gasteiger partial charge in [-0.3, -0.25) is 0 Å². The van der Waals surface area contributed by atoms with E-state index in [0.717, 1.165) is 13.1 Å². The van der Waals surface area contributed by atoms with E-state index in [0.29, 0.717) is 6.10 Å². The highest BCUT2D eigenvalue weighted by Gasteiger charge is 2.38. The van der Waals surface area contributed by atoms with E-state index >= 15 is 0 Å². The molecule has 0 atom stereocenters. The van der Waals surface area contributed by atoms with Crippen molar-refractivity contribution >= 4 is 0 Å². The van der Waals surface area contributed by atoms with Crippen molar-refractivity contribution in [3.8, 4) is 0 Å². The number of ether oxygens (including phenoxy) is 1. The largest absolute Gasteiger partial charge is 0.369 e. The van der Waals surface area contributed by atoms with E-state index in [1.807, 2.05) is 0 Å². The van der Waals surface area contributed by atoms with Gasteiger partial charge in [-0.1, -0.05) is 0 Å². The Morgan fingerprint density at radius 2 is 2.11 bits per heavy atom. The summed E-state index contributed by atoms with van der Waals surface area (Å²) < 4.78 is 5.72. The standard InChI is InChI=1S/C7H13NO/c1-7(4-8-5-7)9-6-2-3-6/h6,8H,2-5H2,1H3. The van der Waals surface area contributed by atoms with Gasteiger partial charge in [-0.05, 0) is 19.8 Å². The summed E-state index contributed by atoms with van der Waals surface area (Å²) in [4.78, 5) is 0. The van der Waals surface area contributed by atoms with Crippen molar-refractivity contribution in [1.82, 2.24) is 5.32 Å². The molecule has 1 aliphatic carbocycles. The summed E-state index contributed by atoms with van der Waals surface area (Å²) in [5.41, 5.74) is 0.196. The quantitative estimate of drug-likeness (QED) is 0.584. The Balaban J connectivity index is 1.81. The minimum atomic E-state index is 0.196. The highest BCUT2D eigenvalue weighted by Crippen LogP contribution is 2.30. The summed E-state index contributed by atoms with van der Waals surface area (Å²) in [6.45, 7) is 4.27. The van der Waals surface area contributed by atoms with E-state index < -0.39 is 0 Å². The molecule has 1 saturated carbocycles. The fourth-order valence-corrected chi connectivity index (χ4v) is 1.15. The highest BCUT2D eigenvalue weighted by molar-refractivity contribution is 4.93. The van der Waals surface area contributed by atoms with Gasteiger partial charge in [0.25, 0.3) is 0 Å². The molecular formula is C7H13NO. The molecule has 52 valence electrons. The third-order valence-corrected chi connectivity index (χ3v) is 1.97. The maximum Gasteiger partial charge on any atom is 0.0905 e. The average Bonchev–Trinajstić information content (AvgIpc) is 2.46. The van der Waals surface area contributed by atoms with Gasteiger partial charge in [-0.25, -0.2) is 0 Å². The van der Waals surface area contributed by atoms with Crippen LogP contribution in [0.1, 0.15) is 19.8 Å². The van der Waals surface area contributed by atoms with Crippen LogP contribution in [0.2, 0.25) is 0 Å². The first-order valence-electron chi connectivity index (χ1n) is 3.67. The lowest BCUT2D eigenvalue weighted by Crippen LogP contribution is -2.59. The predicted molar refractivity (Wildman–Crippen MR) is 35.4 cm³/mol. The first-order valence-corrected chi connectivity index (χ1v) is 3.67. The molecule has 0 unspecified atom stereocenters. The van der Waals surface area contributed by atoms with Gasteiger partial charge in [-0.2, -0.15) is 0 Å². The second-order valence-electron chi connectivity index (χ2n) is 3.37. The molecule has 2 rings (SSSR count). The zero-order chi connectivity index (χ0) is 6.32. The Kier molecular flexibility index (Phi) is 1.08. The van der Waals surface area contributed by atoms with Crippen LogP contribution in [0, 0.1) is 0 Å². The maximum atomic E-state index is 5.72. The third kappa shape index (κ3) is 1.10. The lowest BCUT2D eigenvalue weighted by Gasteiger charge is -2.39. The van der Waals surface area contributed by atoms with Gasteiger partial charge in [-0.15, -0.1) is 0 Å². The van der Waals surface area contributed by atoms with Gasteiger partial charge >= 0.3 is 0 Å². The highest BCUT2D eigenvalue weighted by atomic mass is 16.5. The Bertz CT molecular complexity index is 116. The van der Waals surface area contributed by atoms with Gasteiger partial charge < -0.3 is 10.1 Å². The number of hydrogen-bond acceptors (Lipinski definition) is 2. The Morgan fingerprint density at radius 1 is 1.44 bits per heavy atom. The Labute approximate surface area is 55.6 Å². The molecule has 0 bridgehead atoms. The van der Waals surface area contributed by atoms with Gasteiger partial charge in [0.2, 0.25) is 0 Å². The maximum absolute atomic E-state index is 5.72. The second kappa shape index (κ2) is 1.70. The smallest absolute Gasteiger partial charge is 0.0905 e. The summed E-state index contributed by atoms with van der Waals surface area (Å²) in [5, 5.41) is 3.21. The van der Waals surface area contributed by atoms with Crippen molar-refractivity contribution in [2.24, 2.45) is 0 Å². The lowest BCUT2D eigenvalue weighted by atomic mass is 10.0. The molecule has 0 radical (unpaired) electrons. The molecule has 1 heterocycles. The Morgan fingerprint density at radius 3 is 2.44 bits per heavy atom. The molecule has 2 aliphatic rings. The average molecular weight is 127 g/mol. The van der Waals surface area contributed by atoms with Crippen LogP contribution in [0.3, 0.4) is 0 Å². The molecule has 1 saturated heterocycles. The molecule has 1 N–H and O–H groups in total. The van der Waals surface area contributed by atoms with Gasteiger partial charge in [0.1, 0.15) is 0 Å². The summed E-state index contributed by atoms with van der Waals surface area (Å²) in [6, 6.07) is 0. The minimum absolute atomic E-state index is 0.196. The number of hydrogen-bond donors (Lipinski definition) is 1. The molecular weight excluding hydrogens is 114 g/mol. The lowest BCUT2D eigenvalue weighted by molar-refractivity contribution is -0.0766. The van der Waals surface area contributed by atoms with Crippen molar-refractivity contribution < 1.29 is 4.74 Å². The van der Waals surface area contributed by atoms with Gasteiger partial charge in [0.05, 0.1) is 11.7 Å². The zero-order valence-corrected chi connectivity index (χ0v) is 5.81. The van der Waals surface area contributed by atoms with Crippen LogP contribution in [0.5, 0.6) is 0 Å². The zero-order valence-electron chi connectivity index (χ0n) is 5.81. The fraction of sp³-hybridized carbons (Fsp3) is 1.00.